The number of benzene rings is 2. The molecule has 0 spiro atoms. The smallest absolute Gasteiger partial charge is 0.217 e. The number of rotatable bonds is 8. The average Bonchev–Trinajstić information content (AvgIpc) is 3.21. The molecule has 3 aromatic rings. The van der Waals surface area contributed by atoms with Crippen molar-refractivity contribution < 1.29 is 18.7 Å². The van der Waals surface area contributed by atoms with Gasteiger partial charge in [0.2, 0.25) is 5.91 Å². The van der Waals surface area contributed by atoms with E-state index in [9.17, 15) is 18.7 Å². The molecule has 0 bridgehead atoms. The molecule has 3 atom stereocenters. The normalized spacial score (nSPS) is 17.1. The average molecular weight is 485 g/mol. The van der Waals surface area contributed by atoms with Crippen molar-refractivity contribution >= 4 is 17.2 Å². The highest BCUT2D eigenvalue weighted by Gasteiger charge is 2.25. The van der Waals surface area contributed by atoms with E-state index in [4.69, 9.17) is 0 Å². The van der Waals surface area contributed by atoms with Crippen molar-refractivity contribution in [2.24, 2.45) is 0 Å². The number of aliphatic hydroxyl groups excluding tert-OH is 1. The van der Waals surface area contributed by atoms with E-state index in [2.05, 4.69) is 46.5 Å². The van der Waals surface area contributed by atoms with Crippen molar-refractivity contribution in [3.63, 3.8) is 0 Å². The Labute approximate surface area is 203 Å². The molecule has 0 fully saturated rings. The molecule has 1 aliphatic rings. The van der Waals surface area contributed by atoms with E-state index >= 15 is 0 Å². The molecule has 0 radical (unpaired) electrons. The van der Waals surface area contributed by atoms with Crippen molar-refractivity contribution in [2.45, 2.75) is 57.7 Å². The summed E-state index contributed by atoms with van der Waals surface area (Å²) in [6, 6.07) is 9.29. The largest absolute Gasteiger partial charge is 0.390 e. The zero-order chi connectivity index (χ0) is 24.2. The summed E-state index contributed by atoms with van der Waals surface area (Å²) < 4.78 is 27.3. The molecular formula is C27H30F2N2O2S. The molecule has 180 valence electrons. The number of thiophene rings is 1. The number of carbonyl (C=O) groups excluding carboxylic acids is 1. The highest BCUT2D eigenvalue weighted by atomic mass is 32.1. The van der Waals surface area contributed by atoms with Gasteiger partial charge in [-0.2, -0.15) is 11.3 Å². The van der Waals surface area contributed by atoms with Crippen molar-refractivity contribution in [3.8, 4) is 11.1 Å². The highest BCUT2D eigenvalue weighted by molar-refractivity contribution is 7.08. The highest BCUT2D eigenvalue weighted by Crippen LogP contribution is 2.35. The zero-order valence-corrected chi connectivity index (χ0v) is 20.2. The standard InChI is InChI=1S/C27H30F2N2O2S/c1-16-14-34-15-24(16)20-7-6-19-4-3-5-25(23(19)11-20)30-13-27(33)26(31-17(2)32)10-18-8-21(28)12-22(29)9-18/h6-9,11-12,14-15,25-27,30,33H,3-5,10,13H2,1-2H3,(H,31,32)/t25-,26-,27+/m0/s1. The van der Waals surface area contributed by atoms with Gasteiger partial charge in [-0.05, 0) is 94.9 Å². The topological polar surface area (TPSA) is 61.4 Å². The monoisotopic (exact) mass is 484 g/mol. The number of fused-ring (bicyclic) bond motifs is 1. The minimum absolute atomic E-state index is 0.0851. The molecule has 1 aliphatic carbocycles. The van der Waals surface area contributed by atoms with Crippen molar-refractivity contribution in [1.29, 1.82) is 0 Å². The van der Waals surface area contributed by atoms with E-state index in [0.29, 0.717) is 5.56 Å². The molecule has 4 rings (SSSR count). The van der Waals surface area contributed by atoms with Crippen LogP contribution in [0.5, 0.6) is 0 Å². The molecule has 1 amide bonds. The fourth-order valence-electron chi connectivity index (χ4n) is 4.77. The van der Waals surface area contributed by atoms with Crippen LogP contribution in [0.1, 0.15) is 48.1 Å². The van der Waals surface area contributed by atoms with Gasteiger partial charge in [0, 0.05) is 25.6 Å². The van der Waals surface area contributed by atoms with Gasteiger partial charge in [0.05, 0.1) is 12.1 Å². The fraction of sp³-hybridized carbons (Fsp3) is 0.370. The molecule has 4 nitrogen and oxygen atoms in total. The van der Waals surface area contributed by atoms with Gasteiger partial charge in [0.15, 0.2) is 0 Å². The second-order valence-corrected chi connectivity index (χ2v) is 9.83. The quantitative estimate of drug-likeness (QED) is 0.418. The molecule has 0 aliphatic heterocycles. The number of halogens is 2. The lowest BCUT2D eigenvalue weighted by atomic mass is 9.85. The van der Waals surface area contributed by atoms with Crippen LogP contribution in [-0.2, 0) is 17.6 Å². The van der Waals surface area contributed by atoms with Gasteiger partial charge in [-0.3, -0.25) is 4.79 Å². The van der Waals surface area contributed by atoms with Gasteiger partial charge in [-0.1, -0.05) is 12.1 Å². The summed E-state index contributed by atoms with van der Waals surface area (Å²) in [5, 5.41) is 21.4. The number of carbonyl (C=O) groups is 1. The van der Waals surface area contributed by atoms with E-state index in [1.165, 1.54) is 46.9 Å². The van der Waals surface area contributed by atoms with Gasteiger partial charge in [-0.25, -0.2) is 8.78 Å². The zero-order valence-electron chi connectivity index (χ0n) is 19.4. The van der Waals surface area contributed by atoms with Crippen LogP contribution in [-0.4, -0.2) is 29.7 Å². The number of amides is 1. The Morgan fingerprint density at radius 2 is 1.94 bits per heavy atom. The van der Waals surface area contributed by atoms with Crippen LogP contribution in [0, 0.1) is 18.6 Å². The lowest BCUT2D eigenvalue weighted by Crippen LogP contribution is -2.48. The maximum atomic E-state index is 13.6. The second kappa shape index (κ2) is 10.8. The number of hydrogen-bond acceptors (Lipinski definition) is 4. The van der Waals surface area contributed by atoms with E-state index in [1.54, 1.807) is 11.3 Å². The van der Waals surface area contributed by atoms with Crippen molar-refractivity contribution in [2.75, 3.05) is 6.54 Å². The lowest BCUT2D eigenvalue weighted by molar-refractivity contribution is -0.120. The van der Waals surface area contributed by atoms with Gasteiger partial charge >= 0.3 is 0 Å². The molecule has 2 aromatic carbocycles. The van der Waals surface area contributed by atoms with Gasteiger partial charge < -0.3 is 15.7 Å². The third kappa shape index (κ3) is 5.90. The summed E-state index contributed by atoms with van der Waals surface area (Å²) in [6.07, 6.45) is 2.22. The SMILES string of the molecule is CC(=O)N[C@@H](Cc1cc(F)cc(F)c1)[C@H](O)CN[C@H]1CCCc2ccc(-c3cscc3C)cc21. The summed E-state index contributed by atoms with van der Waals surface area (Å²) >= 11 is 1.69. The van der Waals surface area contributed by atoms with Gasteiger partial charge in [0.1, 0.15) is 11.6 Å². The maximum absolute atomic E-state index is 13.6. The Hall–Kier alpha value is -2.61. The minimum Gasteiger partial charge on any atom is -0.390 e. The van der Waals surface area contributed by atoms with E-state index < -0.39 is 23.8 Å². The molecule has 34 heavy (non-hydrogen) atoms. The maximum Gasteiger partial charge on any atom is 0.217 e. The van der Waals surface area contributed by atoms with E-state index in [-0.39, 0.29) is 24.9 Å². The first-order chi connectivity index (χ1) is 16.3. The van der Waals surface area contributed by atoms with E-state index in [0.717, 1.165) is 25.3 Å². The molecule has 3 N–H and O–H groups in total. The third-order valence-corrected chi connectivity index (χ3v) is 7.29. The Balaban J connectivity index is 1.48. The Bertz CT molecular complexity index is 1140. The van der Waals surface area contributed by atoms with Crippen LogP contribution in [0.15, 0.2) is 47.2 Å². The predicted molar refractivity (Wildman–Crippen MR) is 132 cm³/mol. The van der Waals surface area contributed by atoms with Crippen LogP contribution in [0.2, 0.25) is 0 Å². The minimum atomic E-state index is -0.928. The summed E-state index contributed by atoms with van der Waals surface area (Å²) in [4.78, 5) is 11.7. The first kappa shape index (κ1) is 24.5. The third-order valence-electron chi connectivity index (χ3n) is 6.43. The molecule has 0 unspecified atom stereocenters. The predicted octanol–water partition coefficient (Wildman–Crippen LogP) is 5.08. The van der Waals surface area contributed by atoms with Crippen LogP contribution in [0.4, 0.5) is 8.78 Å². The van der Waals surface area contributed by atoms with Crippen LogP contribution in [0.25, 0.3) is 11.1 Å². The summed E-state index contributed by atoms with van der Waals surface area (Å²) in [5.41, 5.74) is 6.62. The molecular weight excluding hydrogens is 454 g/mol. The molecule has 1 heterocycles. The van der Waals surface area contributed by atoms with Crippen LogP contribution in [0.3, 0.4) is 0 Å². The Morgan fingerprint density at radius 3 is 2.62 bits per heavy atom. The summed E-state index contributed by atoms with van der Waals surface area (Å²) in [5.74, 6) is -1.67. The number of aliphatic hydroxyl groups is 1. The Kier molecular flexibility index (Phi) is 7.76. The summed E-state index contributed by atoms with van der Waals surface area (Å²) in [7, 11) is 0. The number of hydrogen-bond donors (Lipinski definition) is 3. The summed E-state index contributed by atoms with van der Waals surface area (Å²) in [6.45, 7) is 3.73. The van der Waals surface area contributed by atoms with Crippen molar-refractivity contribution in [3.05, 3.63) is 81.0 Å². The van der Waals surface area contributed by atoms with Gasteiger partial charge in [-0.15, -0.1) is 0 Å². The first-order valence-corrected chi connectivity index (χ1v) is 12.5. The second-order valence-electron chi connectivity index (χ2n) is 9.09. The lowest BCUT2D eigenvalue weighted by Gasteiger charge is -2.30. The molecule has 0 saturated heterocycles. The fourth-order valence-corrected chi connectivity index (χ4v) is 5.62. The van der Waals surface area contributed by atoms with E-state index in [1.807, 2.05) is 0 Å². The number of nitrogens with one attached hydrogen (secondary N) is 2. The number of aryl methyl sites for hydroxylation is 2. The van der Waals surface area contributed by atoms with Crippen LogP contribution < -0.4 is 10.6 Å². The Morgan fingerprint density at radius 1 is 1.18 bits per heavy atom. The molecule has 1 aromatic heterocycles. The van der Waals surface area contributed by atoms with Gasteiger partial charge in [0.25, 0.3) is 0 Å². The van der Waals surface area contributed by atoms with Crippen molar-refractivity contribution in [1.82, 2.24) is 10.6 Å². The first-order valence-electron chi connectivity index (χ1n) is 11.6. The van der Waals surface area contributed by atoms with Crippen LogP contribution >= 0.6 is 11.3 Å². The molecule has 0 saturated carbocycles. The molecule has 7 heteroatoms.